The van der Waals surface area contributed by atoms with Gasteiger partial charge in [0.05, 0.1) is 16.8 Å². The highest BCUT2D eigenvalue weighted by Crippen LogP contribution is 2.48. The third kappa shape index (κ3) is 3.27. The third-order valence-corrected chi connectivity index (χ3v) is 6.00. The zero-order valence-corrected chi connectivity index (χ0v) is 16.5. The fourth-order valence-electron chi connectivity index (χ4n) is 3.67. The van der Waals surface area contributed by atoms with Crippen LogP contribution in [0.4, 0.5) is 5.00 Å². The van der Waals surface area contributed by atoms with E-state index in [9.17, 15) is 9.59 Å². The van der Waals surface area contributed by atoms with Crippen LogP contribution in [-0.4, -0.2) is 17.4 Å². The van der Waals surface area contributed by atoms with Gasteiger partial charge in [-0.15, -0.1) is 11.3 Å². The van der Waals surface area contributed by atoms with Crippen LogP contribution >= 0.6 is 11.3 Å². The summed E-state index contributed by atoms with van der Waals surface area (Å²) in [4.78, 5) is 25.9. The molecule has 3 rings (SSSR count). The predicted molar refractivity (Wildman–Crippen MR) is 104 cm³/mol. The number of carbonyl (C=O) groups is 2. The highest BCUT2D eigenvalue weighted by Gasteiger charge is 2.42. The van der Waals surface area contributed by atoms with Crippen LogP contribution in [0.2, 0.25) is 0 Å². The summed E-state index contributed by atoms with van der Waals surface area (Å²) < 4.78 is 6.19. The van der Waals surface area contributed by atoms with Crippen molar-refractivity contribution >= 4 is 28.2 Å². The first-order valence-corrected chi connectivity index (χ1v) is 9.36. The first kappa shape index (κ1) is 18.6. The van der Waals surface area contributed by atoms with Crippen molar-refractivity contribution in [2.45, 2.75) is 52.2 Å². The van der Waals surface area contributed by atoms with Gasteiger partial charge in [-0.2, -0.15) is 0 Å². The van der Waals surface area contributed by atoms with Crippen LogP contribution < -0.4 is 11.1 Å². The molecule has 2 heterocycles. The van der Waals surface area contributed by atoms with E-state index >= 15 is 0 Å². The van der Waals surface area contributed by atoms with Gasteiger partial charge in [-0.1, -0.05) is 18.2 Å². The van der Waals surface area contributed by atoms with Gasteiger partial charge in [-0.3, -0.25) is 9.59 Å². The van der Waals surface area contributed by atoms with Crippen molar-refractivity contribution in [3.63, 3.8) is 0 Å². The standard InChI is InChI=1S/C20H24N2O3S/c1-11-8-6-7-9-12(11)17(24)22-18-14(16(21)23)13-10-19(2,3)25-20(4,5)15(13)26-18/h6-9H,10H2,1-5H3,(H2,21,23)(H,22,24). The Morgan fingerprint density at radius 1 is 1.19 bits per heavy atom. The molecule has 1 aliphatic heterocycles. The van der Waals surface area contributed by atoms with Gasteiger partial charge in [0.2, 0.25) is 0 Å². The summed E-state index contributed by atoms with van der Waals surface area (Å²) >= 11 is 1.37. The van der Waals surface area contributed by atoms with Gasteiger partial charge in [0.25, 0.3) is 11.8 Å². The van der Waals surface area contributed by atoms with Crippen LogP contribution in [-0.2, 0) is 16.8 Å². The number of fused-ring (bicyclic) bond motifs is 1. The highest BCUT2D eigenvalue weighted by molar-refractivity contribution is 7.17. The van der Waals surface area contributed by atoms with Gasteiger partial charge in [0.15, 0.2) is 0 Å². The van der Waals surface area contributed by atoms with Gasteiger partial charge in [-0.25, -0.2) is 0 Å². The minimum absolute atomic E-state index is 0.248. The van der Waals surface area contributed by atoms with E-state index in [0.717, 1.165) is 16.0 Å². The Bertz CT molecular complexity index is 896. The second-order valence-electron chi connectivity index (χ2n) is 7.80. The Balaban J connectivity index is 2.07. The maximum Gasteiger partial charge on any atom is 0.256 e. The average molecular weight is 372 g/mol. The molecule has 3 N–H and O–H groups in total. The molecule has 2 aromatic rings. The molecular formula is C20H24N2O3S. The first-order chi connectivity index (χ1) is 12.0. The van der Waals surface area contributed by atoms with Crippen molar-refractivity contribution in [1.29, 1.82) is 0 Å². The molecule has 1 aromatic heterocycles. The number of primary amides is 1. The minimum atomic E-state index is -0.558. The molecule has 1 aromatic carbocycles. The lowest BCUT2D eigenvalue weighted by Crippen LogP contribution is -2.42. The quantitative estimate of drug-likeness (QED) is 0.854. The molecule has 0 saturated heterocycles. The zero-order valence-electron chi connectivity index (χ0n) is 15.7. The van der Waals surface area contributed by atoms with E-state index in [1.807, 2.05) is 52.8 Å². The molecule has 26 heavy (non-hydrogen) atoms. The van der Waals surface area contributed by atoms with E-state index < -0.39 is 17.1 Å². The minimum Gasteiger partial charge on any atom is -0.365 e. The van der Waals surface area contributed by atoms with Crippen LogP contribution in [0, 0.1) is 6.92 Å². The molecule has 0 aliphatic carbocycles. The van der Waals surface area contributed by atoms with Crippen LogP contribution in [0.1, 0.15) is 64.4 Å². The number of hydrogen-bond acceptors (Lipinski definition) is 4. The number of aryl methyl sites for hydroxylation is 1. The van der Waals surface area contributed by atoms with Crippen LogP contribution in [0.5, 0.6) is 0 Å². The highest BCUT2D eigenvalue weighted by atomic mass is 32.1. The van der Waals surface area contributed by atoms with Gasteiger partial charge < -0.3 is 15.8 Å². The van der Waals surface area contributed by atoms with Crippen LogP contribution in [0.3, 0.4) is 0 Å². The summed E-state index contributed by atoms with van der Waals surface area (Å²) in [5.74, 6) is -0.779. The molecule has 0 bridgehead atoms. The summed E-state index contributed by atoms with van der Waals surface area (Å²) in [5.41, 5.74) is 7.43. The van der Waals surface area contributed by atoms with Crippen molar-refractivity contribution in [1.82, 2.24) is 0 Å². The summed E-state index contributed by atoms with van der Waals surface area (Å²) in [5, 5.41) is 3.39. The Morgan fingerprint density at radius 2 is 1.85 bits per heavy atom. The second kappa shape index (κ2) is 6.21. The number of thiophene rings is 1. The molecule has 0 atom stereocenters. The van der Waals surface area contributed by atoms with Crippen molar-refractivity contribution in [2.24, 2.45) is 5.73 Å². The van der Waals surface area contributed by atoms with E-state index in [-0.39, 0.29) is 5.91 Å². The molecule has 2 amide bonds. The monoisotopic (exact) mass is 372 g/mol. The second-order valence-corrected chi connectivity index (χ2v) is 8.82. The van der Waals surface area contributed by atoms with Crippen LogP contribution in [0.25, 0.3) is 0 Å². The number of hydrogen-bond donors (Lipinski definition) is 2. The number of nitrogens with one attached hydrogen (secondary N) is 1. The molecule has 0 spiro atoms. The maximum absolute atomic E-state index is 12.7. The first-order valence-electron chi connectivity index (χ1n) is 8.55. The Hall–Kier alpha value is -2.18. The number of nitrogens with two attached hydrogens (primary N) is 1. The van der Waals surface area contributed by atoms with Gasteiger partial charge in [0.1, 0.15) is 5.00 Å². The molecule has 0 fully saturated rings. The number of benzene rings is 1. The van der Waals surface area contributed by atoms with E-state index in [1.165, 1.54) is 11.3 Å². The molecule has 0 saturated carbocycles. The largest absolute Gasteiger partial charge is 0.365 e. The molecule has 5 nitrogen and oxygen atoms in total. The summed E-state index contributed by atoms with van der Waals surface area (Å²) in [6, 6.07) is 7.34. The van der Waals surface area contributed by atoms with Crippen molar-refractivity contribution < 1.29 is 14.3 Å². The number of anilines is 1. The topological polar surface area (TPSA) is 81.4 Å². The number of amides is 2. The molecule has 0 radical (unpaired) electrons. The SMILES string of the molecule is Cc1ccccc1C(=O)Nc1sc2c(c1C(N)=O)CC(C)(C)OC2(C)C. The van der Waals surface area contributed by atoms with E-state index in [1.54, 1.807) is 6.07 Å². The number of rotatable bonds is 3. The predicted octanol–water partition coefficient (Wildman–Crippen LogP) is 3.99. The zero-order chi connectivity index (χ0) is 19.3. The van der Waals surface area contributed by atoms with Crippen molar-refractivity contribution in [2.75, 3.05) is 5.32 Å². The molecule has 1 aliphatic rings. The lowest BCUT2D eigenvalue weighted by molar-refractivity contribution is -0.135. The maximum atomic E-state index is 12.7. The lowest BCUT2D eigenvalue weighted by Gasteiger charge is -2.41. The fourth-order valence-corrected chi connectivity index (χ4v) is 4.92. The van der Waals surface area contributed by atoms with Crippen LogP contribution in [0.15, 0.2) is 24.3 Å². The van der Waals surface area contributed by atoms with Gasteiger partial charge in [-0.05, 0) is 51.8 Å². The van der Waals surface area contributed by atoms with Gasteiger partial charge in [0, 0.05) is 16.9 Å². The summed E-state index contributed by atoms with van der Waals surface area (Å²) in [6.45, 7) is 9.81. The fraction of sp³-hybridized carbons (Fsp3) is 0.400. The smallest absolute Gasteiger partial charge is 0.256 e. The normalized spacial score (nSPS) is 17.4. The van der Waals surface area contributed by atoms with E-state index in [0.29, 0.717) is 22.5 Å². The van der Waals surface area contributed by atoms with E-state index in [2.05, 4.69) is 5.32 Å². The van der Waals surface area contributed by atoms with Gasteiger partial charge >= 0.3 is 0 Å². The Kier molecular flexibility index (Phi) is 4.45. The molecule has 138 valence electrons. The lowest BCUT2D eigenvalue weighted by atomic mass is 9.86. The molecular weight excluding hydrogens is 348 g/mol. The number of ether oxygens (including phenoxy) is 1. The molecule has 0 unspecified atom stereocenters. The Morgan fingerprint density at radius 3 is 2.46 bits per heavy atom. The summed E-state index contributed by atoms with van der Waals surface area (Å²) in [6.07, 6.45) is 0.570. The number of carbonyl (C=O) groups excluding carboxylic acids is 2. The van der Waals surface area contributed by atoms with Crippen molar-refractivity contribution in [3.05, 3.63) is 51.4 Å². The average Bonchev–Trinajstić information content (AvgIpc) is 2.84. The Labute approximate surface area is 157 Å². The van der Waals surface area contributed by atoms with E-state index in [4.69, 9.17) is 10.5 Å². The molecule has 6 heteroatoms. The third-order valence-electron chi connectivity index (χ3n) is 4.55. The van der Waals surface area contributed by atoms with Crippen molar-refractivity contribution in [3.8, 4) is 0 Å². The summed E-state index contributed by atoms with van der Waals surface area (Å²) in [7, 11) is 0.